The fraction of sp³-hybridized carbons (Fsp3) is 1.00. The van der Waals surface area contributed by atoms with Crippen LogP contribution in [0.5, 0.6) is 0 Å². The molecule has 0 aliphatic rings. The third-order valence-electron chi connectivity index (χ3n) is 2.90. The van der Waals surface area contributed by atoms with Crippen LogP contribution in [0.15, 0.2) is 0 Å². The average molecular weight is 327 g/mol. The zero-order valence-corrected chi connectivity index (χ0v) is 14.4. The molecule has 0 aliphatic heterocycles. The lowest BCUT2D eigenvalue weighted by Gasteiger charge is -2.02. The highest BCUT2D eigenvalue weighted by atomic mass is 32.3. The molecule has 6 nitrogen and oxygen atoms in total. The summed E-state index contributed by atoms with van der Waals surface area (Å²) in [6, 6.07) is 0. The highest BCUT2D eigenvalue weighted by Crippen LogP contribution is 2.10. The molecule has 0 spiro atoms. The summed E-state index contributed by atoms with van der Waals surface area (Å²) in [6.07, 6.45) is 11.9. The van der Waals surface area contributed by atoms with Crippen LogP contribution in [0.3, 0.4) is 0 Å². The van der Waals surface area contributed by atoms with E-state index < -0.39 is 10.4 Å². The molecular weight excluding hydrogens is 294 g/mol. The monoisotopic (exact) mass is 327 g/mol. The van der Waals surface area contributed by atoms with E-state index in [0.717, 1.165) is 12.8 Å². The largest absolute Gasteiger partial charge is 0.397 e. The van der Waals surface area contributed by atoms with Gasteiger partial charge in [-0.15, -0.1) is 0 Å². The van der Waals surface area contributed by atoms with Gasteiger partial charge in [0.15, 0.2) is 0 Å². The van der Waals surface area contributed by atoms with Crippen molar-refractivity contribution < 1.29 is 22.0 Å². The van der Waals surface area contributed by atoms with Crippen molar-refractivity contribution in [1.82, 2.24) is 0 Å². The van der Waals surface area contributed by atoms with Gasteiger partial charge in [0.1, 0.15) is 0 Å². The Labute approximate surface area is 130 Å². The van der Waals surface area contributed by atoms with Gasteiger partial charge in [-0.1, -0.05) is 64.7 Å². The molecule has 0 aliphatic carbocycles. The summed E-state index contributed by atoms with van der Waals surface area (Å²) < 4.78 is 33.0. The Hall–Kier alpha value is -0.210. The summed E-state index contributed by atoms with van der Waals surface area (Å²) in [5.74, 6) is 4.53. The summed E-state index contributed by atoms with van der Waals surface area (Å²) in [7, 11) is -4.23. The van der Waals surface area contributed by atoms with Gasteiger partial charge in [-0.25, -0.2) is 10.1 Å². The van der Waals surface area contributed by atoms with E-state index in [-0.39, 0.29) is 6.61 Å². The minimum atomic E-state index is -4.23. The van der Waals surface area contributed by atoms with Gasteiger partial charge in [-0.05, 0) is 13.3 Å². The topological polar surface area (TPSA) is 98.9 Å². The molecule has 0 heterocycles. The number of nitrogens with two attached hydrogens (primary N) is 1. The smallest absolute Gasteiger partial charge is 0.305 e. The molecule has 0 fully saturated rings. The third kappa shape index (κ3) is 28.6. The summed E-state index contributed by atoms with van der Waals surface area (Å²) in [4.78, 5) is 4.04. The zero-order chi connectivity index (χ0) is 16.4. The van der Waals surface area contributed by atoms with Gasteiger partial charge in [0.05, 0.1) is 13.2 Å². The molecule has 0 saturated carbocycles. The van der Waals surface area contributed by atoms with Crippen molar-refractivity contribution in [2.45, 2.75) is 78.1 Å². The number of rotatable bonds is 13. The maximum absolute atomic E-state index is 10.2. The predicted molar refractivity (Wildman–Crippen MR) is 85.2 cm³/mol. The Morgan fingerprint density at radius 2 is 1.24 bits per heavy atom. The maximum atomic E-state index is 10.2. The van der Waals surface area contributed by atoms with Crippen LogP contribution in [0.1, 0.15) is 78.1 Å². The SMILES string of the molecule is CCCCCCCCCCCCOS(=O)(=O)O.CCON. The summed E-state index contributed by atoms with van der Waals surface area (Å²) in [5, 5.41) is 0. The molecule has 0 rings (SSSR count). The Kier molecular flexibility index (Phi) is 19.6. The highest BCUT2D eigenvalue weighted by molar-refractivity contribution is 7.80. The molecule has 3 N–H and O–H groups in total. The van der Waals surface area contributed by atoms with Crippen LogP contribution in [-0.2, 0) is 19.4 Å². The molecule has 0 aromatic rings. The molecule has 0 aromatic carbocycles. The van der Waals surface area contributed by atoms with Crippen molar-refractivity contribution in [2.24, 2.45) is 5.90 Å². The molecule has 0 unspecified atom stereocenters. The van der Waals surface area contributed by atoms with E-state index in [1.165, 1.54) is 44.9 Å². The second-order valence-corrected chi connectivity index (χ2v) is 5.98. The maximum Gasteiger partial charge on any atom is 0.397 e. The Morgan fingerprint density at radius 1 is 0.857 bits per heavy atom. The average Bonchev–Trinajstić information content (AvgIpc) is 2.44. The predicted octanol–water partition coefficient (Wildman–Crippen LogP) is 3.62. The van der Waals surface area contributed by atoms with Crippen LogP contribution in [0, 0.1) is 0 Å². The van der Waals surface area contributed by atoms with Crippen molar-refractivity contribution in [3.63, 3.8) is 0 Å². The Morgan fingerprint density at radius 3 is 1.57 bits per heavy atom. The molecule has 0 bridgehead atoms. The minimum Gasteiger partial charge on any atom is -0.305 e. The lowest BCUT2D eigenvalue weighted by Crippen LogP contribution is -2.04. The van der Waals surface area contributed by atoms with Crippen molar-refractivity contribution >= 4 is 10.4 Å². The fourth-order valence-electron chi connectivity index (χ4n) is 1.75. The van der Waals surface area contributed by atoms with E-state index in [0.29, 0.717) is 13.0 Å². The van der Waals surface area contributed by atoms with Crippen molar-refractivity contribution in [2.75, 3.05) is 13.2 Å². The summed E-state index contributed by atoms with van der Waals surface area (Å²) >= 11 is 0. The molecule has 130 valence electrons. The molecule has 0 radical (unpaired) electrons. The summed E-state index contributed by atoms with van der Waals surface area (Å²) in [5.41, 5.74) is 0. The van der Waals surface area contributed by atoms with E-state index in [1.54, 1.807) is 0 Å². The molecule has 0 atom stereocenters. The van der Waals surface area contributed by atoms with E-state index in [4.69, 9.17) is 4.55 Å². The van der Waals surface area contributed by atoms with Crippen LogP contribution >= 0.6 is 0 Å². The zero-order valence-electron chi connectivity index (χ0n) is 13.6. The minimum absolute atomic E-state index is 0.0926. The molecule has 0 amide bonds. The highest BCUT2D eigenvalue weighted by Gasteiger charge is 2.02. The van der Waals surface area contributed by atoms with Crippen LogP contribution < -0.4 is 5.90 Å². The Balaban J connectivity index is 0. The van der Waals surface area contributed by atoms with Crippen LogP contribution in [0.4, 0.5) is 0 Å². The second kappa shape index (κ2) is 17.8. The standard InChI is InChI=1S/C12H26O4S.C2H7NO/c1-2-3-4-5-6-7-8-9-10-11-12-16-17(13,14)15;1-2-4-3/h2-12H2,1H3,(H,13,14,15);2-3H2,1H3. The van der Waals surface area contributed by atoms with Crippen LogP contribution in [0.25, 0.3) is 0 Å². The van der Waals surface area contributed by atoms with E-state index >= 15 is 0 Å². The van der Waals surface area contributed by atoms with Gasteiger partial charge >= 0.3 is 10.4 Å². The number of hydrogen-bond donors (Lipinski definition) is 2. The van der Waals surface area contributed by atoms with Crippen molar-refractivity contribution in [3.8, 4) is 0 Å². The van der Waals surface area contributed by atoms with Crippen molar-refractivity contribution in [1.29, 1.82) is 0 Å². The molecule has 0 aromatic heterocycles. The summed E-state index contributed by atoms with van der Waals surface area (Å²) in [6.45, 7) is 4.74. The van der Waals surface area contributed by atoms with Gasteiger partial charge < -0.3 is 4.84 Å². The lowest BCUT2D eigenvalue weighted by atomic mass is 10.1. The van der Waals surface area contributed by atoms with Gasteiger partial charge in [-0.2, -0.15) is 8.42 Å². The molecule has 7 heteroatoms. The van der Waals surface area contributed by atoms with Gasteiger partial charge in [0, 0.05) is 0 Å². The van der Waals surface area contributed by atoms with E-state index in [1.807, 2.05) is 6.92 Å². The quantitative estimate of drug-likeness (QED) is 0.304. The van der Waals surface area contributed by atoms with Crippen LogP contribution in [-0.4, -0.2) is 26.2 Å². The molecule has 21 heavy (non-hydrogen) atoms. The normalized spacial score (nSPS) is 11.0. The Bertz CT molecular complexity index is 281. The first kappa shape index (κ1) is 23.1. The first-order valence-electron chi connectivity index (χ1n) is 7.91. The van der Waals surface area contributed by atoms with Crippen molar-refractivity contribution in [3.05, 3.63) is 0 Å². The molecule has 0 saturated heterocycles. The third-order valence-corrected chi connectivity index (χ3v) is 3.36. The van der Waals surface area contributed by atoms with E-state index in [9.17, 15) is 8.42 Å². The first-order valence-corrected chi connectivity index (χ1v) is 9.27. The van der Waals surface area contributed by atoms with E-state index in [2.05, 4.69) is 21.8 Å². The van der Waals surface area contributed by atoms with Gasteiger partial charge in [0.25, 0.3) is 0 Å². The number of unbranched alkanes of at least 4 members (excludes halogenated alkanes) is 9. The molecular formula is C14H33NO5S. The lowest BCUT2D eigenvalue weighted by molar-refractivity contribution is 0.152. The second-order valence-electron chi connectivity index (χ2n) is 4.89. The number of hydrogen-bond acceptors (Lipinski definition) is 5. The van der Waals surface area contributed by atoms with Gasteiger partial charge in [-0.3, -0.25) is 4.55 Å². The fourth-order valence-corrected chi connectivity index (χ4v) is 2.08. The first-order chi connectivity index (χ1) is 9.97. The van der Waals surface area contributed by atoms with Gasteiger partial charge in [0.2, 0.25) is 0 Å². The van der Waals surface area contributed by atoms with Crippen LogP contribution in [0.2, 0.25) is 0 Å².